The molecule has 0 radical (unpaired) electrons. The molecular formula is C34H20F6N4O8S2. The van der Waals surface area contributed by atoms with Gasteiger partial charge in [-0.05, 0) is 58.3 Å². The van der Waals surface area contributed by atoms with Gasteiger partial charge in [0.05, 0.1) is 22.5 Å². The third kappa shape index (κ3) is 7.44. The quantitative estimate of drug-likeness (QED) is 0.0695. The predicted molar refractivity (Wildman–Crippen MR) is 181 cm³/mol. The van der Waals surface area contributed by atoms with Crippen molar-refractivity contribution in [2.24, 2.45) is 20.5 Å². The Hall–Kier alpha value is -5.96. The average molecular weight is 791 g/mol. The van der Waals surface area contributed by atoms with Gasteiger partial charge in [-0.2, -0.15) is 43.2 Å². The van der Waals surface area contributed by atoms with Gasteiger partial charge in [0.15, 0.2) is 11.5 Å². The molecule has 0 aromatic heterocycles. The number of phenolic OH excluding ortho intramolecular Hbond substituents is 2. The molecule has 0 fully saturated rings. The van der Waals surface area contributed by atoms with Gasteiger partial charge in [-0.15, -0.1) is 20.5 Å². The maximum Gasteiger partial charge on any atom is 0.418 e. The fraction of sp³-hybridized carbons (Fsp3) is 0.0588. The second kappa shape index (κ2) is 13.5. The Kier molecular flexibility index (Phi) is 9.42. The van der Waals surface area contributed by atoms with Gasteiger partial charge in [-0.3, -0.25) is 9.11 Å². The van der Waals surface area contributed by atoms with Crippen molar-refractivity contribution in [3.05, 3.63) is 108 Å². The number of nitrogens with zero attached hydrogens (tertiary/aromatic N) is 4. The van der Waals surface area contributed by atoms with Crippen molar-refractivity contribution in [1.29, 1.82) is 0 Å². The summed E-state index contributed by atoms with van der Waals surface area (Å²) in [4.78, 5) is -1.93. The van der Waals surface area contributed by atoms with Gasteiger partial charge in [0.25, 0.3) is 20.2 Å². The highest BCUT2D eigenvalue weighted by molar-refractivity contribution is 7.86. The van der Waals surface area contributed by atoms with Crippen LogP contribution in [0.15, 0.2) is 127 Å². The summed E-state index contributed by atoms with van der Waals surface area (Å²) in [5.41, 5.74) is -7.52. The van der Waals surface area contributed by atoms with Crippen molar-refractivity contribution in [2.75, 3.05) is 0 Å². The highest BCUT2D eigenvalue weighted by Crippen LogP contribution is 2.46. The first-order chi connectivity index (χ1) is 25.1. The summed E-state index contributed by atoms with van der Waals surface area (Å²) < 4.78 is 153. The molecule has 0 aliphatic rings. The minimum atomic E-state index is -5.20. The summed E-state index contributed by atoms with van der Waals surface area (Å²) in [6.45, 7) is 0. The van der Waals surface area contributed by atoms with E-state index < -0.39 is 98.9 Å². The van der Waals surface area contributed by atoms with Gasteiger partial charge in [0, 0.05) is 10.8 Å². The first-order valence-corrected chi connectivity index (χ1v) is 17.7. The van der Waals surface area contributed by atoms with E-state index in [4.69, 9.17) is 0 Å². The Morgan fingerprint density at radius 1 is 0.481 bits per heavy atom. The van der Waals surface area contributed by atoms with Crippen molar-refractivity contribution >= 4 is 64.5 Å². The molecule has 0 saturated heterocycles. The van der Waals surface area contributed by atoms with Gasteiger partial charge < -0.3 is 10.2 Å². The SMILES string of the molecule is O=S(=O)(O)c1cc2ccccc2c(O)c1N=Nc1ccc(-c2ccc(N=Nc3c(S(=O)(=O)O)cc4ccccc4c3O)c(C(F)(F)F)c2)cc1C(F)(F)F. The molecule has 12 nitrogen and oxygen atoms in total. The molecule has 0 heterocycles. The topological polar surface area (TPSA) is 199 Å². The van der Waals surface area contributed by atoms with E-state index in [1.54, 1.807) is 0 Å². The Labute approximate surface area is 299 Å². The molecule has 6 aromatic carbocycles. The van der Waals surface area contributed by atoms with Gasteiger partial charge in [0.2, 0.25) is 0 Å². The van der Waals surface area contributed by atoms with Gasteiger partial charge in [0.1, 0.15) is 21.2 Å². The first-order valence-electron chi connectivity index (χ1n) is 14.9. The minimum absolute atomic E-state index is 0.0293. The van der Waals surface area contributed by atoms with Gasteiger partial charge >= 0.3 is 12.4 Å². The lowest BCUT2D eigenvalue weighted by atomic mass is 9.99. The van der Waals surface area contributed by atoms with Crippen LogP contribution >= 0.6 is 0 Å². The number of hydrogen-bond acceptors (Lipinski definition) is 10. The maximum absolute atomic E-state index is 14.3. The van der Waals surface area contributed by atoms with E-state index in [9.17, 15) is 62.5 Å². The molecular weight excluding hydrogens is 771 g/mol. The van der Waals surface area contributed by atoms with Crippen LogP contribution in [0.4, 0.5) is 49.1 Å². The monoisotopic (exact) mass is 790 g/mol. The lowest BCUT2D eigenvalue weighted by molar-refractivity contribution is -0.138. The molecule has 0 atom stereocenters. The molecule has 0 unspecified atom stereocenters. The Morgan fingerprint density at radius 3 is 1.17 bits per heavy atom. The summed E-state index contributed by atoms with van der Waals surface area (Å²) in [6.07, 6.45) is -10.4. The number of aromatic hydroxyl groups is 2. The summed E-state index contributed by atoms with van der Waals surface area (Å²) in [7, 11) is -10.2. The van der Waals surface area contributed by atoms with Crippen LogP contribution in [0.5, 0.6) is 11.5 Å². The molecule has 0 aliphatic heterocycles. The molecule has 54 heavy (non-hydrogen) atoms. The molecule has 6 rings (SSSR count). The van der Waals surface area contributed by atoms with E-state index >= 15 is 0 Å². The lowest BCUT2D eigenvalue weighted by Crippen LogP contribution is -2.07. The molecule has 0 amide bonds. The van der Waals surface area contributed by atoms with Crippen LogP contribution in [0.2, 0.25) is 0 Å². The van der Waals surface area contributed by atoms with Crippen LogP contribution in [0.3, 0.4) is 0 Å². The first kappa shape index (κ1) is 37.8. The number of rotatable bonds is 7. The van der Waals surface area contributed by atoms with E-state index in [1.807, 2.05) is 0 Å². The summed E-state index contributed by atoms with van der Waals surface area (Å²) in [6, 6.07) is 17.5. The molecule has 4 N–H and O–H groups in total. The van der Waals surface area contributed by atoms with Crippen molar-refractivity contribution in [1.82, 2.24) is 0 Å². The molecule has 20 heteroatoms. The number of azo groups is 2. The largest absolute Gasteiger partial charge is 0.505 e. The van der Waals surface area contributed by atoms with Crippen LogP contribution < -0.4 is 0 Å². The highest BCUT2D eigenvalue weighted by atomic mass is 32.2. The molecule has 0 saturated carbocycles. The van der Waals surface area contributed by atoms with E-state index in [2.05, 4.69) is 20.5 Å². The molecule has 0 bridgehead atoms. The van der Waals surface area contributed by atoms with Crippen LogP contribution in [0.25, 0.3) is 32.7 Å². The molecule has 6 aromatic rings. The minimum Gasteiger partial charge on any atom is -0.505 e. The number of hydrogen-bond donors (Lipinski definition) is 4. The zero-order chi connectivity index (χ0) is 39.4. The fourth-order valence-electron chi connectivity index (χ4n) is 5.44. The number of fused-ring (bicyclic) bond motifs is 2. The third-order valence-corrected chi connectivity index (χ3v) is 9.66. The number of alkyl halides is 6. The second-order valence-electron chi connectivity index (χ2n) is 11.4. The van der Waals surface area contributed by atoms with Crippen molar-refractivity contribution in [3.8, 4) is 22.6 Å². The van der Waals surface area contributed by atoms with E-state index in [0.717, 1.165) is 36.4 Å². The Morgan fingerprint density at radius 2 is 0.833 bits per heavy atom. The van der Waals surface area contributed by atoms with Crippen LogP contribution in [-0.2, 0) is 32.6 Å². The second-order valence-corrected chi connectivity index (χ2v) is 14.2. The number of phenols is 2. The molecule has 0 aliphatic carbocycles. The average Bonchev–Trinajstić information content (AvgIpc) is 3.09. The lowest BCUT2D eigenvalue weighted by Gasteiger charge is -2.15. The van der Waals surface area contributed by atoms with Gasteiger partial charge in [-0.1, -0.05) is 60.7 Å². The maximum atomic E-state index is 14.3. The molecule has 278 valence electrons. The summed E-state index contributed by atoms with van der Waals surface area (Å²) in [5.74, 6) is -1.65. The van der Waals surface area contributed by atoms with E-state index in [-0.39, 0.29) is 21.5 Å². The summed E-state index contributed by atoms with van der Waals surface area (Å²) >= 11 is 0. The third-order valence-electron chi connectivity index (χ3n) is 7.93. The molecule has 0 spiro atoms. The highest BCUT2D eigenvalue weighted by Gasteiger charge is 2.36. The van der Waals surface area contributed by atoms with E-state index in [1.165, 1.54) is 48.5 Å². The van der Waals surface area contributed by atoms with Crippen molar-refractivity contribution < 1.29 is 62.5 Å². The zero-order valence-electron chi connectivity index (χ0n) is 26.5. The predicted octanol–water partition coefficient (Wildman–Crippen LogP) is 10.4. The fourth-order valence-corrected chi connectivity index (χ4v) is 6.75. The zero-order valence-corrected chi connectivity index (χ0v) is 28.2. The van der Waals surface area contributed by atoms with Crippen molar-refractivity contribution in [2.45, 2.75) is 22.1 Å². The Balaban J connectivity index is 1.44. The normalized spacial score (nSPS) is 13.1. The van der Waals surface area contributed by atoms with E-state index in [0.29, 0.717) is 12.1 Å². The van der Waals surface area contributed by atoms with Crippen molar-refractivity contribution in [3.63, 3.8) is 0 Å². The number of halogens is 6. The standard InChI is InChI=1S/C34H20F6N4O8S2/c35-33(36,37)23-13-17(9-11-25(23)41-43-29-27(53(47,48)49)15-19-5-1-3-7-21(19)31(29)45)18-10-12-26(24(14-18)34(38,39)40)42-44-30-28(54(50,51)52)16-20-6-2-4-8-22(20)32(30)46/h1-16,45-46H,(H,47,48,49)(H,50,51,52). The summed E-state index contributed by atoms with van der Waals surface area (Å²) in [5, 5.41) is 35.7. The van der Waals surface area contributed by atoms with Crippen LogP contribution in [0, 0.1) is 0 Å². The smallest absolute Gasteiger partial charge is 0.418 e. The van der Waals surface area contributed by atoms with Gasteiger partial charge in [-0.25, -0.2) is 0 Å². The van der Waals surface area contributed by atoms with Crippen LogP contribution in [0.1, 0.15) is 11.1 Å². The Bertz CT molecular complexity index is 2600. The number of benzene rings is 6. The van der Waals surface area contributed by atoms with Crippen LogP contribution in [-0.4, -0.2) is 36.2 Å².